The van der Waals surface area contributed by atoms with Crippen LogP contribution in [0.5, 0.6) is 0 Å². The molecule has 0 aromatic heterocycles. The lowest BCUT2D eigenvalue weighted by atomic mass is 10.1. The van der Waals surface area contributed by atoms with Crippen molar-refractivity contribution in [3.8, 4) is 0 Å². The third kappa shape index (κ3) is 3.69. The summed E-state index contributed by atoms with van der Waals surface area (Å²) >= 11 is 0. The Bertz CT molecular complexity index is 849. The van der Waals surface area contributed by atoms with Gasteiger partial charge in [0.05, 0.1) is 6.10 Å². The highest BCUT2D eigenvalue weighted by Gasteiger charge is 2.56. The number of rotatable bonds is 5. The molecule has 0 N–H and O–H groups in total. The number of carbonyl (C=O) groups is 1. The summed E-state index contributed by atoms with van der Waals surface area (Å²) in [6.45, 7) is 11.0. The quantitative estimate of drug-likeness (QED) is 0.687. The molecule has 2 aliphatic rings. The second-order valence-corrected chi connectivity index (χ2v) is 14.2. The molecule has 1 aliphatic carbocycles. The van der Waals surface area contributed by atoms with Gasteiger partial charge in [0.25, 0.3) is 8.32 Å². The minimum Gasteiger partial charge on any atom is -0.407 e. The standard InChI is InChI=1S/C25H32O4Si/c1-24(2,3)30(19-12-8-6-9-13-19,20-14-10-7-11-15-20)27-17-18-16-21(26)23-22(18)28-25(4,5)29-23/h6-15,18,22-23H,16-17H2,1-5H3/t18-,22?,23?/m0/s1. The normalized spacial score (nSPS) is 26.0. The number of fused-ring (bicyclic) bond motifs is 1. The predicted octanol–water partition coefficient (Wildman–Crippen LogP) is 3.67. The lowest BCUT2D eigenvalue weighted by molar-refractivity contribution is -0.163. The third-order valence-electron chi connectivity index (χ3n) is 6.31. The summed E-state index contributed by atoms with van der Waals surface area (Å²) in [5.41, 5.74) is 0. The van der Waals surface area contributed by atoms with E-state index in [1.807, 2.05) is 26.0 Å². The molecule has 2 fully saturated rings. The Kier molecular flexibility index (Phi) is 5.52. The number of Topliss-reactive ketones (excluding diaryl/α,β-unsaturated/α-hetero) is 1. The molecule has 5 heteroatoms. The molecule has 2 aromatic rings. The van der Waals surface area contributed by atoms with Crippen LogP contribution in [0, 0.1) is 5.92 Å². The first-order chi connectivity index (χ1) is 14.1. The van der Waals surface area contributed by atoms with Crippen LogP contribution in [-0.2, 0) is 18.7 Å². The largest absolute Gasteiger partial charge is 0.407 e. The fraction of sp³-hybridized carbons (Fsp3) is 0.480. The van der Waals surface area contributed by atoms with Gasteiger partial charge in [-0.05, 0) is 29.3 Å². The van der Waals surface area contributed by atoms with Crippen molar-refractivity contribution in [3.63, 3.8) is 0 Å². The molecule has 0 spiro atoms. The van der Waals surface area contributed by atoms with Crippen LogP contribution in [0.15, 0.2) is 60.7 Å². The Balaban J connectivity index is 1.70. The van der Waals surface area contributed by atoms with Gasteiger partial charge >= 0.3 is 0 Å². The van der Waals surface area contributed by atoms with Crippen LogP contribution in [0.4, 0.5) is 0 Å². The number of ketones is 1. The molecule has 0 bridgehead atoms. The molecular weight excluding hydrogens is 392 g/mol. The van der Waals surface area contributed by atoms with E-state index in [1.54, 1.807) is 0 Å². The van der Waals surface area contributed by atoms with Crippen molar-refractivity contribution < 1.29 is 18.7 Å². The first-order valence-corrected chi connectivity index (χ1v) is 12.7. The number of hydrogen-bond acceptors (Lipinski definition) is 4. The molecule has 2 aromatic carbocycles. The second-order valence-electron chi connectivity index (χ2n) is 9.93. The zero-order chi connectivity index (χ0) is 21.6. The maximum absolute atomic E-state index is 12.6. The highest BCUT2D eigenvalue weighted by atomic mass is 28.4. The first-order valence-electron chi connectivity index (χ1n) is 10.8. The van der Waals surface area contributed by atoms with E-state index in [1.165, 1.54) is 10.4 Å². The van der Waals surface area contributed by atoms with Crippen LogP contribution in [0.3, 0.4) is 0 Å². The molecule has 2 unspecified atom stereocenters. The van der Waals surface area contributed by atoms with Gasteiger partial charge in [-0.2, -0.15) is 0 Å². The molecule has 3 atom stereocenters. The summed E-state index contributed by atoms with van der Waals surface area (Å²) in [6, 6.07) is 21.2. The van der Waals surface area contributed by atoms with Gasteiger partial charge in [0.2, 0.25) is 0 Å². The number of benzene rings is 2. The molecule has 1 heterocycles. The summed E-state index contributed by atoms with van der Waals surface area (Å²) < 4.78 is 19.0. The fourth-order valence-corrected chi connectivity index (χ4v) is 9.64. The molecule has 1 aliphatic heterocycles. The van der Waals surface area contributed by atoms with Crippen molar-refractivity contribution in [2.75, 3.05) is 6.61 Å². The molecule has 160 valence electrons. The van der Waals surface area contributed by atoms with Gasteiger partial charge in [-0.25, -0.2) is 0 Å². The molecule has 30 heavy (non-hydrogen) atoms. The second kappa shape index (κ2) is 7.72. The highest BCUT2D eigenvalue weighted by molar-refractivity contribution is 6.99. The number of carbonyl (C=O) groups excluding carboxylic acids is 1. The minimum absolute atomic E-state index is 0.00549. The summed E-state index contributed by atoms with van der Waals surface area (Å²) in [4.78, 5) is 12.6. The zero-order valence-corrected chi connectivity index (χ0v) is 19.6. The topological polar surface area (TPSA) is 44.8 Å². The molecule has 1 saturated carbocycles. The summed E-state index contributed by atoms with van der Waals surface area (Å²) in [5, 5.41) is 2.39. The van der Waals surface area contributed by atoms with E-state index in [4.69, 9.17) is 13.9 Å². The van der Waals surface area contributed by atoms with Gasteiger partial charge in [0.15, 0.2) is 11.6 Å². The van der Waals surface area contributed by atoms with Crippen molar-refractivity contribution >= 4 is 24.5 Å². The first kappa shape index (κ1) is 21.4. The Hall–Kier alpha value is -1.79. The van der Waals surface area contributed by atoms with E-state index in [0.29, 0.717) is 13.0 Å². The molecule has 0 radical (unpaired) electrons. The minimum atomic E-state index is -2.63. The summed E-state index contributed by atoms with van der Waals surface area (Å²) in [7, 11) is -2.63. The van der Waals surface area contributed by atoms with E-state index in [0.717, 1.165) is 0 Å². The molecule has 4 nitrogen and oxygen atoms in total. The van der Waals surface area contributed by atoms with Crippen molar-refractivity contribution in [1.82, 2.24) is 0 Å². The maximum Gasteiger partial charge on any atom is 0.261 e. The summed E-state index contributed by atoms with van der Waals surface area (Å²) in [6.07, 6.45) is -0.248. The van der Waals surface area contributed by atoms with Crippen LogP contribution in [0.2, 0.25) is 5.04 Å². The lowest BCUT2D eigenvalue weighted by Crippen LogP contribution is -2.67. The number of ether oxygens (including phenoxy) is 2. The zero-order valence-electron chi connectivity index (χ0n) is 18.6. The van der Waals surface area contributed by atoms with Crippen molar-refractivity contribution in [1.29, 1.82) is 0 Å². The lowest BCUT2D eigenvalue weighted by Gasteiger charge is -2.43. The molecular formula is C25H32O4Si. The predicted molar refractivity (Wildman–Crippen MR) is 121 cm³/mol. The number of hydrogen-bond donors (Lipinski definition) is 0. The van der Waals surface area contributed by atoms with Crippen LogP contribution in [-0.4, -0.2) is 38.7 Å². The Morgan fingerprint density at radius 2 is 1.50 bits per heavy atom. The third-order valence-corrected chi connectivity index (χ3v) is 11.3. The van der Waals surface area contributed by atoms with Crippen LogP contribution < -0.4 is 10.4 Å². The van der Waals surface area contributed by atoms with Gasteiger partial charge in [-0.1, -0.05) is 81.4 Å². The average molecular weight is 425 g/mol. The van der Waals surface area contributed by atoms with E-state index in [-0.39, 0.29) is 22.8 Å². The van der Waals surface area contributed by atoms with Gasteiger partial charge < -0.3 is 13.9 Å². The van der Waals surface area contributed by atoms with Crippen molar-refractivity contribution in [2.45, 2.75) is 64.1 Å². The SMILES string of the molecule is CC1(C)OC2C(=O)C[C@@H](CO[Si](c3ccccc3)(c3ccccc3)C(C)(C)C)C2O1. The van der Waals surface area contributed by atoms with Crippen molar-refractivity contribution in [3.05, 3.63) is 60.7 Å². The molecule has 4 rings (SSSR count). The van der Waals surface area contributed by atoms with Gasteiger partial charge in [-0.3, -0.25) is 4.79 Å². The van der Waals surface area contributed by atoms with Crippen LogP contribution >= 0.6 is 0 Å². The molecule has 1 saturated heterocycles. The fourth-order valence-electron chi connectivity index (χ4n) is 5.02. The van der Waals surface area contributed by atoms with E-state index in [9.17, 15) is 4.79 Å². The van der Waals surface area contributed by atoms with Gasteiger partial charge in [-0.15, -0.1) is 0 Å². The monoisotopic (exact) mass is 424 g/mol. The van der Waals surface area contributed by atoms with Gasteiger partial charge in [0, 0.05) is 18.9 Å². The Morgan fingerprint density at radius 1 is 0.967 bits per heavy atom. The smallest absolute Gasteiger partial charge is 0.261 e. The van der Waals surface area contributed by atoms with E-state index < -0.39 is 20.2 Å². The van der Waals surface area contributed by atoms with E-state index >= 15 is 0 Å². The van der Waals surface area contributed by atoms with Crippen LogP contribution in [0.25, 0.3) is 0 Å². The summed E-state index contributed by atoms with van der Waals surface area (Å²) in [5.74, 6) is -0.589. The highest BCUT2D eigenvalue weighted by Crippen LogP contribution is 2.42. The Labute approximate surface area is 180 Å². The van der Waals surface area contributed by atoms with Crippen LogP contribution in [0.1, 0.15) is 41.0 Å². The van der Waals surface area contributed by atoms with Gasteiger partial charge in [0.1, 0.15) is 6.10 Å². The Morgan fingerprint density at radius 3 is 2.00 bits per heavy atom. The average Bonchev–Trinajstić information content (AvgIpc) is 3.17. The van der Waals surface area contributed by atoms with E-state index in [2.05, 4.69) is 69.3 Å². The van der Waals surface area contributed by atoms with Crippen molar-refractivity contribution in [2.24, 2.45) is 5.92 Å². The maximum atomic E-state index is 12.6. The molecule has 0 amide bonds.